The second-order valence-electron chi connectivity index (χ2n) is 7.01. The highest BCUT2D eigenvalue weighted by atomic mass is 16.5. The normalized spacial score (nSPS) is 33.4. The van der Waals surface area contributed by atoms with E-state index >= 15 is 0 Å². The Balaban J connectivity index is 2.02. The van der Waals surface area contributed by atoms with Gasteiger partial charge in [0.15, 0.2) is 0 Å². The third-order valence-electron chi connectivity index (χ3n) is 4.70. The third kappa shape index (κ3) is 2.25. The van der Waals surface area contributed by atoms with Gasteiger partial charge in [-0.25, -0.2) is 0 Å². The van der Waals surface area contributed by atoms with Gasteiger partial charge >= 0.3 is 0 Å². The molecule has 1 heterocycles. The molecule has 1 aromatic carbocycles. The van der Waals surface area contributed by atoms with Crippen LogP contribution in [0.5, 0.6) is 0 Å². The lowest BCUT2D eigenvalue weighted by atomic mass is 9.72. The van der Waals surface area contributed by atoms with Gasteiger partial charge in [0.2, 0.25) is 0 Å². The molecule has 1 aliphatic carbocycles. The fraction of sp³-hybridized carbons (Fsp3) is 0.556. The Labute approximate surface area is 116 Å². The average Bonchev–Trinajstić information content (AvgIpc) is 2.97. The Hall–Kier alpha value is -1.08. The summed E-state index contributed by atoms with van der Waals surface area (Å²) in [6.07, 6.45) is 6.47. The zero-order chi connectivity index (χ0) is 13.5. The average molecular weight is 256 g/mol. The standard InChI is InChI=1S/C18H24O/c1-17(2)12-15(14-8-5-4-6-9-14)18(3,13-17)16-10-7-11-19-16/h4-6,8-9,12,16H,7,10-11,13H2,1-3H3/t16-,18-/m1/s1. The molecule has 1 saturated heterocycles. The highest BCUT2D eigenvalue weighted by molar-refractivity contribution is 5.73. The van der Waals surface area contributed by atoms with Crippen LogP contribution in [-0.4, -0.2) is 12.7 Å². The molecule has 1 aromatic rings. The van der Waals surface area contributed by atoms with Gasteiger partial charge in [0.25, 0.3) is 0 Å². The summed E-state index contributed by atoms with van der Waals surface area (Å²) in [6.45, 7) is 8.02. The van der Waals surface area contributed by atoms with Gasteiger partial charge in [0.05, 0.1) is 6.10 Å². The molecule has 1 aliphatic heterocycles. The van der Waals surface area contributed by atoms with Gasteiger partial charge in [0, 0.05) is 12.0 Å². The van der Waals surface area contributed by atoms with E-state index in [1.165, 1.54) is 30.4 Å². The van der Waals surface area contributed by atoms with E-state index in [1.807, 2.05) is 0 Å². The van der Waals surface area contributed by atoms with Gasteiger partial charge < -0.3 is 4.74 Å². The van der Waals surface area contributed by atoms with Gasteiger partial charge in [-0.2, -0.15) is 0 Å². The molecule has 0 bridgehead atoms. The van der Waals surface area contributed by atoms with Gasteiger partial charge in [0.1, 0.15) is 0 Å². The fourth-order valence-corrected chi connectivity index (χ4v) is 4.05. The van der Waals surface area contributed by atoms with E-state index in [0.29, 0.717) is 6.10 Å². The predicted molar refractivity (Wildman–Crippen MR) is 79.9 cm³/mol. The molecule has 3 rings (SSSR count). The van der Waals surface area contributed by atoms with E-state index in [0.717, 1.165) is 6.61 Å². The van der Waals surface area contributed by atoms with Crippen LogP contribution in [0.1, 0.15) is 45.6 Å². The first-order valence-electron chi connectivity index (χ1n) is 7.42. The zero-order valence-electron chi connectivity index (χ0n) is 12.3. The van der Waals surface area contributed by atoms with Crippen molar-refractivity contribution in [3.63, 3.8) is 0 Å². The molecule has 19 heavy (non-hydrogen) atoms. The topological polar surface area (TPSA) is 9.23 Å². The van der Waals surface area contributed by atoms with Crippen LogP contribution >= 0.6 is 0 Å². The maximum Gasteiger partial charge on any atom is 0.0670 e. The molecule has 0 spiro atoms. The van der Waals surface area contributed by atoms with Gasteiger partial charge in [-0.05, 0) is 35.8 Å². The van der Waals surface area contributed by atoms with Crippen molar-refractivity contribution in [3.8, 4) is 0 Å². The van der Waals surface area contributed by atoms with E-state index < -0.39 is 0 Å². The van der Waals surface area contributed by atoms with E-state index in [1.54, 1.807) is 0 Å². The second-order valence-corrected chi connectivity index (χ2v) is 7.01. The quantitative estimate of drug-likeness (QED) is 0.746. The minimum atomic E-state index is 0.168. The van der Waals surface area contributed by atoms with Crippen molar-refractivity contribution in [3.05, 3.63) is 42.0 Å². The van der Waals surface area contributed by atoms with Crippen LogP contribution in [0.25, 0.3) is 5.57 Å². The number of allylic oxidation sites excluding steroid dienone is 1. The van der Waals surface area contributed by atoms with Crippen molar-refractivity contribution in [1.29, 1.82) is 0 Å². The number of ether oxygens (including phenoxy) is 1. The molecule has 0 N–H and O–H groups in total. The van der Waals surface area contributed by atoms with Crippen LogP contribution in [0, 0.1) is 10.8 Å². The van der Waals surface area contributed by atoms with Crippen molar-refractivity contribution in [1.82, 2.24) is 0 Å². The van der Waals surface area contributed by atoms with Crippen molar-refractivity contribution in [2.75, 3.05) is 6.61 Å². The molecule has 2 atom stereocenters. The predicted octanol–water partition coefficient (Wildman–Crippen LogP) is 4.69. The number of rotatable bonds is 2. The van der Waals surface area contributed by atoms with E-state index in [-0.39, 0.29) is 10.8 Å². The maximum atomic E-state index is 6.04. The molecule has 102 valence electrons. The summed E-state index contributed by atoms with van der Waals surface area (Å²) < 4.78 is 6.04. The van der Waals surface area contributed by atoms with Crippen molar-refractivity contribution in [2.24, 2.45) is 10.8 Å². The Kier molecular flexibility index (Phi) is 3.05. The highest BCUT2D eigenvalue weighted by Gasteiger charge is 2.48. The van der Waals surface area contributed by atoms with Crippen LogP contribution in [0.2, 0.25) is 0 Å². The van der Waals surface area contributed by atoms with E-state index in [2.05, 4.69) is 57.2 Å². The first-order chi connectivity index (χ1) is 9.01. The lowest BCUT2D eigenvalue weighted by Crippen LogP contribution is -2.32. The minimum absolute atomic E-state index is 0.168. The summed E-state index contributed by atoms with van der Waals surface area (Å²) in [4.78, 5) is 0. The van der Waals surface area contributed by atoms with Crippen molar-refractivity contribution < 1.29 is 4.74 Å². The summed E-state index contributed by atoms with van der Waals surface area (Å²) >= 11 is 0. The first-order valence-corrected chi connectivity index (χ1v) is 7.42. The number of benzene rings is 1. The Bertz CT molecular complexity index is 480. The van der Waals surface area contributed by atoms with Crippen LogP contribution in [0.4, 0.5) is 0 Å². The maximum absolute atomic E-state index is 6.04. The highest BCUT2D eigenvalue weighted by Crippen LogP contribution is 2.56. The van der Waals surface area contributed by atoms with Crippen molar-refractivity contribution >= 4 is 5.57 Å². The minimum Gasteiger partial charge on any atom is -0.377 e. The fourth-order valence-electron chi connectivity index (χ4n) is 4.05. The summed E-state index contributed by atoms with van der Waals surface area (Å²) in [5.41, 5.74) is 3.30. The van der Waals surface area contributed by atoms with Gasteiger partial charge in [-0.15, -0.1) is 0 Å². The summed E-state index contributed by atoms with van der Waals surface area (Å²) in [5.74, 6) is 0. The molecule has 1 nitrogen and oxygen atoms in total. The molecule has 0 saturated carbocycles. The molecule has 0 amide bonds. The van der Waals surface area contributed by atoms with Crippen LogP contribution in [0.3, 0.4) is 0 Å². The lowest BCUT2D eigenvalue weighted by Gasteiger charge is -2.35. The molecule has 1 heteroatoms. The number of hydrogen-bond donors (Lipinski definition) is 0. The molecule has 2 aliphatic rings. The lowest BCUT2D eigenvalue weighted by molar-refractivity contribution is 0.0296. The Morgan fingerprint density at radius 1 is 1.11 bits per heavy atom. The third-order valence-corrected chi connectivity index (χ3v) is 4.70. The van der Waals surface area contributed by atoms with Crippen LogP contribution < -0.4 is 0 Å². The molecular formula is C18H24O. The molecule has 1 fully saturated rings. The zero-order valence-corrected chi connectivity index (χ0v) is 12.3. The largest absolute Gasteiger partial charge is 0.377 e. The summed E-state index contributed by atoms with van der Waals surface area (Å²) in [5, 5.41) is 0. The van der Waals surface area contributed by atoms with Crippen LogP contribution in [0.15, 0.2) is 36.4 Å². The monoisotopic (exact) mass is 256 g/mol. The number of hydrogen-bond acceptors (Lipinski definition) is 1. The molecular weight excluding hydrogens is 232 g/mol. The first kappa shape index (κ1) is 12.9. The SMILES string of the molecule is CC1(C)C=C(c2ccccc2)[C@](C)([C@H]2CCCO2)C1. The van der Waals surface area contributed by atoms with Gasteiger partial charge in [-0.1, -0.05) is 57.2 Å². The summed E-state index contributed by atoms with van der Waals surface area (Å²) in [6, 6.07) is 10.8. The molecule has 0 aromatic heterocycles. The summed E-state index contributed by atoms with van der Waals surface area (Å²) in [7, 11) is 0. The smallest absolute Gasteiger partial charge is 0.0670 e. The molecule has 0 radical (unpaired) electrons. The van der Waals surface area contributed by atoms with Crippen molar-refractivity contribution in [2.45, 2.75) is 46.1 Å². The van der Waals surface area contributed by atoms with E-state index in [4.69, 9.17) is 4.74 Å². The second kappa shape index (κ2) is 4.49. The Morgan fingerprint density at radius 2 is 1.84 bits per heavy atom. The van der Waals surface area contributed by atoms with E-state index in [9.17, 15) is 0 Å². The van der Waals surface area contributed by atoms with Crippen LogP contribution in [-0.2, 0) is 4.74 Å². The molecule has 0 unspecified atom stereocenters. The van der Waals surface area contributed by atoms with Gasteiger partial charge in [-0.3, -0.25) is 0 Å². The Morgan fingerprint density at radius 3 is 2.47 bits per heavy atom.